The smallest absolute Gasteiger partial charge is 0.134 e. The third kappa shape index (κ3) is 2.57. The van der Waals surface area contributed by atoms with Gasteiger partial charge in [-0.1, -0.05) is 39.0 Å². The van der Waals surface area contributed by atoms with Crippen molar-refractivity contribution < 1.29 is 4.42 Å². The molecule has 0 saturated carbocycles. The van der Waals surface area contributed by atoms with E-state index in [1.165, 1.54) is 10.9 Å². The summed E-state index contributed by atoms with van der Waals surface area (Å²) in [5, 5.41) is 1.24. The molecule has 2 aromatic rings. The van der Waals surface area contributed by atoms with Gasteiger partial charge in [-0.3, -0.25) is 0 Å². The molecule has 2 heteroatoms. The molecule has 1 nitrogen and oxygen atoms in total. The van der Waals surface area contributed by atoms with E-state index in [0.717, 1.165) is 11.3 Å². The Hall–Kier alpha value is -0.890. The predicted molar refractivity (Wildman–Crippen MR) is 67.3 cm³/mol. The molecule has 0 aliphatic rings. The highest BCUT2D eigenvalue weighted by molar-refractivity contribution is 7.99. The highest BCUT2D eigenvalue weighted by Gasteiger charge is 2.12. The van der Waals surface area contributed by atoms with Crippen molar-refractivity contribution in [2.75, 3.05) is 0 Å². The maximum absolute atomic E-state index is 5.50. The first-order valence-electron chi connectivity index (χ1n) is 5.15. The maximum Gasteiger partial charge on any atom is 0.134 e. The monoisotopic (exact) mass is 220 g/mol. The van der Waals surface area contributed by atoms with Crippen LogP contribution in [0.15, 0.2) is 34.9 Å². The summed E-state index contributed by atoms with van der Waals surface area (Å²) in [7, 11) is 0. The van der Waals surface area contributed by atoms with Crippen LogP contribution >= 0.6 is 11.8 Å². The molecule has 15 heavy (non-hydrogen) atoms. The first-order valence-corrected chi connectivity index (χ1v) is 6.14. The van der Waals surface area contributed by atoms with Crippen molar-refractivity contribution in [1.29, 1.82) is 0 Å². The van der Waals surface area contributed by atoms with Gasteiger partial charge in [0, 0.05) is 21.4 Å². The fourth-order valence-electron chi connectivity index (χ4n) is 1.44. The van der Waals surface area contributed by atoms with Crippen LogP contribution < -0.4 is 0 Å². The molecule has 0 unspecified atom stereocenters. The molecule has 0 amide bonds. The molecule has 1 aromatic carbocycles. The lowest BCUT2D eigenvalue weighted by molar-refractivity contribution is 0.612. The van der Waals surface area contributed by atoms with E-state index in [0.29, 0.717) is 4.75 Å². The van der Waals surface area contributed by atoms with E-state index in [1.54, 1.807) is 0 Å². The molecule has 0 aliphatic heterocycles. The molecule has 1 aromatic heterocycles. The normalized spacial score (nSPS) is 12.2. The Kier molecular flexibility index (Phi) is 2.79. The summed E-state index contributed by atoms with van der Waals surface area (Å²) in [5.74, 6) is 1.01. The van der Waals surface area contributed by atoms with Crippen molar-refractivity contribution in [1.82, 2.24) is 0 Å². The zero-order valence-corrected chi connectivity index (χ0v) is 10.2. The Bertz CT molecular complexity index is 451. The summed E-state index contributed by atoms with van der Waals surface area (Å²) >= 11 is 1.95. The van der Waals surface area contributed by atoms with Crippen molar-refractivity contribution in [3.8, 4) is 0 Å². The number of hydrogen-bond acceptors (Lipinski definition) is 2. The summed E-state index contributed by atoms with van der Waals surface area (Å²) in [4.78, 5) is 0. The number of furan rings is 1. The van der Waals surface area contributed by atoms with Crippen LogP contribution in [0.3, 0.4) is 0 Å². The Balaban J connectivity index is 2.22. The van der Waals surface area contributed by atoms with Crippen molar-refractivity contribution in [2.24, 2.45) is 0 Å². The second-order valence-corrected chi connectivity index (χ2v) is 6.46. The Morgan fingerprint density at radius 3 is 2.67 bits per heavy atom. The van der Waals surface area contributed by atoms with E-state index >= 15 is 0 Å². The van der Waals surface area contributed by atoms with Crippen LogP contribution in [0.5, 0.6) is 0 Å². The van der Waals surface area contributed by atoms with Gasteiger partial charge in [-0.2, -0.15) is 11.8 Å². The fourth-order valence-corrected chi connectivity index (χ4v) is 2.25. The molecule has 0 radical (unpaired) electrons. The van der Waals surface area contributed by atoms with Gasteiger partial charge in [-0.15, -0.1) is 0 Å². The first-order chi connectivity index (χ1) is 7.06. The lowest BCUT2D eigenvalue weighted by Gasteiger charge is -2.16. The largest absolute Gasteiger partial charge is 0.464 e. The lowest BCUT2D eigenvalue weighted by atomic mass is 10.2. The van der Waals surface area contributed by atoms with Crippen molar-refractivity contribution in [3.05, 3.63) is 36.1 Å². The highest BCUT2D eigenvalue weighted by Crippen LogP contribution is 2.31. The van der Waals surface area contributed by atoms with Gasteiger partial charge in [0.15, 0.2) is 0 Å². The predicted octanol–water partition coefficient (Wildman–Crippen LogP) is 4.46. The standard InChI is InChI=1S/C13H16OS/c1-13(2,3)15-9-10-8-14-12-7-5-4-6-11(10)12/h4-8H,9H2,1-3H3. The van der Waals surface area contributed by atoms with Gasteiger partial charge in [0.2, 0.25) is 0 Å². The number of fused-ring (bicyclic) bond motifs is 1. The molecule has 0 atom stereocenters. The van der Waals surface area contributed by atoms with Crippen LogP contribution in [-0.2, 0) is 5.75 Å². The molecule has 0 bridgehead atoms. The van der Waals surface area contributed by atoms with Crippen molar-refractivity contribution >= 4 is 22.7 Å². The molecule has 0 aliphatic carbocycles. The van der Waals surface area contributed by atoms with Crippen molar-refractivity contribution in [2.45, 2.75) is 31.3 Å². The van der Waals surface area contributed by atoms with E-state index in [-0.39, 0.29) is 0 Å². The molecule has 1 heterocycles. The van der Waals surface area contributed by atoms with Gasteiger partial charge in [0.1, 0.15) is 5.58 Å². The molecular weight excluding hydrogens is 204 g/mol. The fraction of sp³-hybridized carbons (Fsp3) is 0.385. The number of hydrogen-bond donors (Lipinski definition) is 0. The number of rotatable bonds is 2. The Morgan fingerprint density at radius 2 is 1.93 bits per heavy atom. The summed E-state index contributed by atoms with van der Waals surface area (Å²) < 4.78 is 5.80. The molecule has 2 rings (SSSR count). The molecule has 80 valence electrons. The Labute approximate surface area is 94.9 Å². The van der Waals surface area contributed by atoms with Crippen LogP contribution in [-0.4, -0.2) is 4.75 Å². The second kappa shape index (κ2) is 3.93. The molecular formula is C13H16OS. The number of thioether (sulfide) groups is 1. The Morgan fingerprint density at radius 1 is 1.20 bits per heavy atom. The number of benzene rings is 1. The van der Waals surface area contributed by atoms with E-state index in [9.17, 15) is 0 Å². The van der Waals surface area contributed by atoms with Crippen LogP contribution in [0.4, 0.5) is 0 Å². The van der Waals surface area contributed by atoms with Crippen LogP contribution in [0.25, 0.3) is 11.0 Å². The second-order valence-electron chi connectivity index (χ2n) is 4.66. The van der Waals surface area contributed by atoms with Crippen LogP contribution in [0.2, 0.25) is 0 Å². The summed E-state index contributed by atoms with van der Waals surface area (Å²) in [6.45, 7) is 6.71. The summed E-state index contributed by atoms with van der Waals surface area (Å²) in [5.41, 5.74) is 2.28. The average molecular weight is 220 g/mol. The quantitative estimate of drug-likeness (QED) is 0.741. The van der Waals surface area contributed by atoms with Crippen molar-refractivity contribution in [3.63, 3.8) is 0 Å². The lowest BCUT2D eigenvalue weighted by Crippen LogP contribution is -2.07. The highest BCUT2D eigenvalue weighted by atomic mass is 32.2. The third-order valence-corrected chi connectivity index (χ3v) is 3.54. The number of para-hydroxylation sites is 1. The van der Waals surface area contributed by atoms with Gasteiger partial charge in [0.25, 0.3) is 0 Å². The molecule has 0 saturated heterocycles. The SMILES string of the molecule is CC(C)(C)SCc1coc2ccccc12. The average Bonchev–Trinajstić information content (AvgIpc) is 2.57. The van der Waals surface area contributed by atoms with Gasteiger partial charge >= 0.3 is 0 Å². The third-order valence-electron chi connectivity index (χ3n) is 2.22. The van der Waals surface area contributed by atoms with E-state index in [2.05, 4.69) is 32.9 Å². The first kappa shape index (κ1) is 10.6. The van der Waals surface area contributed by atoms with E-state index in [4.69, 9.17) is 4.42 Å². The summed E-state index contributed by atoms with van der Waals surface area (Å²) in [6.07, 6.45) is 1.88. The minimum atomic E-state index is 0.304. The topological polar surface area (TPSA) is 13.1 Å². The minimum absolute atomic E-state index is 0.304. The zero-order valence-electron chi connectivity index (χ0n) is 9.41. The van der Waals surface area contributed by atoms with Crippen LogP contribution in [0.1, 0.15) is 26.3 Å². The minimum Gasteiger partial charge on any atom is -0.464 e. The van der Waals surface area contributed by atoms with Crippen LogP contribution in [0, 0.1) is 0 Å². The summed E-state index contributed by atoms with van der Waals surface area (Å²) in [6, 6.07) is 8.20. The maximum atomic E-state index is 5.50. The van der Waals surface area contributed by atoms with Gasteiger partial charge < -0.3 is 4.42 Å². The molecule has 0 N–H and O–H groups in total. The van der Waals surface area contributed by atoms with E-state index < -0.39 is 0 Å². The van der Waals surface area contributed by atoms with Gasteiger partial charge in [0.05, 0.1) is 6.26 Å². The molecule has 0 fully saturated rings. The van der Waals surface area contributed by atoms with Gasteiger partial charge in [-0.05, 0) is 6.07 Å². The van der Waals surface area contributed by atoms with Gasteiger partial charge in [-0.25, -0.2) is 0 Å². The molecule has 0 spiro atoms. The van der Waals surface area contributed by atoms with E-state index in [1.807, 2.05) is 30.2 Å². The zero-order chi connectivity index (χ0) is 10.9.